The highest BCUT2D eigenvalue weighted by atomic mass is 32.2. The monoisotopic (exact) mass is 479 g/mol. The minimum atomic E-state index is -3.69. The number of thiazole rings is 1. The fourth-order valence-corrected chi connectivity index (χ4v) is 5.01. The van der Waals surface area contributed by atoms with Crippen LogP contribution in [0.2, 0.25) is 0 Å². The molecule has 32 heavy (non-hydrogen) atoms. The van der Waals surface area contributed by atoms with E-state index in [1.54, 1.807) is 25.1 Å². The molecule has 0 amide bonds. The summed E-state index contributed by atoms with van der Waals surface area (Å²) in [6.45, 7) is 2.77. The molecule has 0 spiro atoms. The number of nitriles is 1. The first-order valence-electron chi connectivity index (χ1n) is 9.58. The second-order valence-electron chi connectivity index (χ2n) is 7.06. The molecule has 0 radical (unpaired) electrons. The van der Waals surface area contributed by atoms with Crippen LogP contribution in [0.25, 0.3) is 11.8 Å². The van der Waals surface area contributed by atoms with Crippen LogP contribution in [0.15, 0.2) is 34.0 Å². The number of hydrogen-bond donors (Lipinski definition) is 2. The minimum Gasteiger partial charge on any atom is -0.477 e. The predicted octanol–water partition coefficient (Wildman–Crippen LogP) is -0.279. The van der Waals surface area contributed by atoms with Crippen molar-refractivity contribution in [2.24, 2.45) is 0 Å². The number of sulfonamides is 1. The van der Waals surface area contributed by atoms with Crippen molar-refractivity contribution in [3.8, 4) is 6.07 Å². The molecule has 12 heteroatoms. The number of anilines is 1. The zero-order valence-corrected chi connectivity index (χ0v) is 19.8. The number of carbonyl (C=O) groups is 1. The zero-order chi connectivity index (χ0) is 24.1. The van der Waals surface area contributed by atoms with Crippen molar-refractivity contribution in [2.45, 2.75) is 18.4 Å². The molecule has 0 fully saturated rings. The van der Waals surface area contributed by atoms with Crippen LogP contribution >= 0.6 is 11.3 Å². The van der Waals surface area contributed by atoms with E-state index in [1.165, 1.54) is 34.3 Å². The first kappa shape index (κ1) is 25.3. The van der Waals surface area contributed by atoms with E-state index in [0.717, 1.165) is 11.3 Å². The second-order valence-corrected chi connectivity index (χ2v) is 10.1. The Balaban J connectivity index is 2.43. The number of aliphatic carboxylic acids is 1. The molecule has 10 nitrogen and oxygen atoms in total. The van der Waals surface area contributed by atoms with E-state index in [1.807, 2.05) is 19.0 Å². The van der Waals surface area contributed by atoms with Gasteiger partial charge in [-0.25, -0.2) is 13.2 Å². The van der Waals surface area contributed by atoms with Crippen LogP contribution in [-0.2, 0) is 21.4 Å². The first-order valence-corrected chi connectivity index (χ1v) is 11.8. The maximum atomic E-state index is 12.8. The van der Waals surface area contributed by atoms with Crippen molar-refractivity contribution in [1.29, 1.82) is 5.26 Å². The molecule has 0 atom stereocenters. The highest BCUT2D eigenvalue weighted by Crippen LogP contribution is 2.18. The topological polar surface area (TPSA) is 136 Å². The Hall–Kier alpha value is -2.98. The summed E-state index contributed by atoms with van der Waals surface area (Å²) < 4.78 is 28.4. The summed E-state index contributed by atoms with van der Waals surface area (Å²) in [7, 11) is 1.53. The highest BCUT2D eigenvalue weighted by Gasteiger charge is 2.21. The van der Waals surface area contributed by atoms with Crippen molar-refractivity contribution in [3.05, 3.63) is 43.8 Å². The van der Waals surface area contributed by atoms with Gasteiger partial charge in [0.25, 0.3) is 5.56 Å². The molecule has 1 heterocycles. The van der Waals surface area contributed by atoms with E-state index >= 15 is 0 Å². The fourth-order valence-electron chi connectivity index (χ4n) is 2.72. The lowest BCUT2D eigenvalue weighted by atomic mass is 10.3. The molecular weight excluding hydrogens is 454 g/mol. The number of aromatic nitrogens is 1. The van der Waals surface area contributed by atoms with Gasteiger partial charge in [0.15, 0.2) is 5.57 Å². The average molecular weight is 480 g/mol. The van der Waals surface area contributed by atoms with Gasteiger partial charge in [0.2, 0.25) is 10.0 Å². The Morgan fingerprint density at radius 3 is 2.56 bits per heavy atom. The summed E-state index contributed by atoms with van der Waals surface area (Å²) in [6.07, 6.45) is 1.38. The number of hydrogen-bond acceptors (Lipinski definition) is 8. The number of benzene rings is 1. The van der Waals surface area contributed by atoms with Gasteiger partial charge in [-0.15, -0.1) is 11.3 Å². The lowest BCUT2D eigenvalue weighted by molar-refractivity contribution is -0.130. The average Bonchev–Trinajstić information content (AvgIpc) is 3.05. The van der Waals surface area contributed by atoms with Crippen LogP contribution in [0.5, 0.6) is 0 Å². The maximum Gasteiger partial charge on any atom is 0.349 e. The SMILES string of the molecule is CCn1c(=O)/c(=C\Nc2cccc(S(=O)(=O)N(C)CCN(C)C)c2)s/c1=C(/C#N)C(=O)O. The van der Waals surface area contributed by atoms with Gasteiger partial charge in [-0.1, -0.05) is 6.07 Å². The lowest BCUT2D eigenvalue weighted by Gasteiger charge is -2.19. The van der Waals surface area contributed by atoms with Crippen LogP contribution in [0.4, 0.5) is 5.69 Å². The van der Waals surface area contributed by atoms with E-state index in [0.29, 0.717) is 18.8 Å². The fraction of sp³-hybridized carbons (Fsp3) is 0.350. The number of nitrogens with one attached hydrogen (secondary N) is 1. The maximum absolute atomic E-state index is 12.8. The third-order valence-electron chi connectivity index (χ3n) is 4.54. The Kier molecular flexibility index (Phi) is 8.34. The summed E-state index contributed by atoms with van der Waals surface area (Å²) in [4.78, 5) is 25.9. The van der Waals surface area contributed by atoms with Gasteiger partial charge in [0.1, 0.15) is 15.3 Å². The van der Waals surface area contributed by atoms with Crippen LogP contribution < -0.4 is 20.1 Å². The number of rotatable bonds is 9. The molecule has 1 aromatic carbocycles. The second kappa shape index (κ2) is 10.6. The van der Waals surface area contributed by atoms with Gasteiger partial charge in [-0.3, -0.25) is 9.36 Å². The van der Waals surface area contributed by atoms with E-state index in [2.05, 4.69) is 5.32 Å². The van der Waals surface area contributed by atoms with Crippen molar-refractivity contribution in [1.82, 2.24) is 13.8 Å². The van der Waals surface area contributed by atoms with Crippen molar-refractivity contribution in [2.75, 3.05) is 39.5 Å². The Bertz CT molecular complexity index is 1320. The summed E-state index contributed by atoms with van der Waals surface area (Å²) in [5, 5.41) is 21.2. The number of carboxylic acids is 1. The van der Waals surface area contributed by atoms with Gasteiger partial charge < -0.3 is 15.3 Å². The summed E-state index contributed by atoms with van der Waals surface area (Å²) in [6, 6.07) is 7.79. The molecule has 0 saturated heterocycles. The molecule has 2 aromatic rings. The molecule has 0 saturated carbocycles. The van der Waals surface area contributed by atoms with E-state index in [9.17, 15) is 23.1 Å². The molecule has 1 aromatic heterocycles. The third kappa shape index (κ3) is 5.63. The molecule has 2 N–H and O–H groups in total. The van der Waals surface area contributed by atoms with Gasteiger partial charge in [-0.2, -0.15) is 9.57 Å². The van der Waals surface area contributed by atoms with E-state index in [-0.39, 0.29) is 20.6 Å². The Labute approximate surface area is 190 Å². The normalized spacial score (nSPS) is 13.3. The number of carboxylic acid groups (broad SMARTS) is 1. The molecular formula is C20H25N5O5S2. The first-order chi connectivity index (χ1) is 15.0. The van der Waals surface area contributed by atoms with Gasteiger partial charge in [-0.05, 0) is 39.2 Å². The lowest BCUT2D eigenvalue weighted by Crippen LogP contribution is -2.33. The standard InChI is InChI=1S/C20H25N5O5S2/c1-5-25-18(26)17(31-19(25)16(12-21)20(27)28)13-22-14-7-6-8-15(11-14)32(29,30)24(4)10-9-23(2)3/h6-8,11,13,22H,5,9-10H2,1-4H3,(H,27,28)/b17-13+,19-16-. The molecule has 2 rings (SSSR count). The van der Waals surface area contributed by atoms with Crippen LogP contribution in [0.1, 0.15) is 6.92 Å². The van der Waals surface area contributed by atoms with Crippen LogP contribution in [0.3, 0.4) is 0 Å². The molecule has 0 bridgehead atoms. The molecule has 172 valence electrons. The third-order valence-corrected chi connectivity index (χ3v) is 7.52. The van der Waals surface area contributed by atoms with Gasteiger partial charge >= 0.3 is 5.97 Å². The quantitative estimate of drug-likeness (QED) is 0.501. The number of nitrogens with zero attached hydrogens (tertiary/aromatic N) is 4. The molecule has 0 aliphatic rings. The minimum absolute atomic E-state index is 0.0550. The van der Waals surface area contributed by atoms with Crippen molar-refractivity contribution >= 4 is 44.8 Å². The predicted molar refractivity (Wildman–Crippen MR) is 123 cm³/mol. The smallest absolute Gasteiger partial charge is 0.349 e. The van der Waals surface area contributed by atoms with Crippen LogP contribution in [-0.4, -0.2) is 67.5 Å². The molecule has 0 unspecified atom stereocenters. The Morgan fingerprint density at radius 2 is 2.00 bits per heavy atom. The summed E-state index contributed by atoms with van der Waals surface area (Å²) in [5.74, 6) is -1.41. The van der Waals surface area contributed by atoms with E-state index < -0.39 is 27.1 Å². The highest BCUT2D eigenvalue weighted by molar-refractivity contribution is 7.89. The number of likely N-dealkylation sites (N-methyl/N-ethyl adjacent to an activating group) is 2. The van der Waals surface area contributed by atoms with Gasteiger partial charge in [0, 0.05) is 38.6 Å². The van der Waals surface area contributed by atoms with Crippen LogP contribution in [0, 0.1) is 11.3 Å². The van der Waals surface area contributed by atoms with Gasteiger partial charge in [0.05, 0.1) is 4.90 Å². The van der Waals surface area contributed by atoms with E-state index in [4.69, 9.17) is 5.26 Å². The summed E-state index contributed by atoms with van der Waals surface area (Å²) in [5.41, 5.74) is -0.518. The molecule has 0 aliphatic carbocycles. The zero-order valence-electron chi connectivity index (χ0n) is 18.2. The largest absolute Gasteiger partial charge is 0.477 e. The molecule has 0 aliphatic heterocycles. The van der Waals surface area contributed by atoms with Crippen molar-refractivity contribution in [3.63, 3.8) is 0 Å². The van der Waals surface area contributed by atoms with Crippen molar-refractivity contribution < 1.29 is 18.3 Å². The summed E-state index contributed by atoms with van der Waals surface area (Å²) >= 11 is 0.876. The Morgan fingerprint density at radius 1 is 1.31 bits per heavy atom.